The molecule has 190 valence electrons. The summed E-state index contributed by atoms with van der Waals surface area (Å²) in [7, 11) is -3.86. The Morgan fingerprint density at radius 3 is 2.56 bits per heavy atom. The molecule has 0 aromatic heterocycles. The third kappa shape index (κ3) is 5.51. The highest BCUT2D eigenvalue weighted by Crippen LogP contribution is 2.34. The average Bonchev–Trinajstić information content (AvgIpc) is 3.09. The van der Waals surface area contributed by atoms with Gasteiger partial charge in [-0.15, -0.1) is 11.8 Å². The maximum absolute atomic E-state index is 13.1. The topological polar surface area (TPSA) is 136 Å². The predicted octanol–water partition coefficient (Wildman–Crippen LogP) is 1.91. The number of benzene rings is 2. The minimum Gasteiger partial charge on any atom is -0.378 e. The molecule has 12 heteroatoms. The number of carbonyl (C=O) groups excluding carboxylic acids is 4. The second kappa shape index (κ2) is 10.9. The SMILES string of the molecule is Cc1cccc(S(=O)(=O)OCCOCCSc2cccc3c2C(=O)N(C2CCC(=O)NC2=O)C3=O)c1. The van der Waals surface area contributed by atoms with Crippen LogP contribution in [0.4, 0.5) is 0 Å². The molecule has 4 amide bonds. The van der Waals surface area contributed by atoms with Crippen molar-refractivity contribution in [3.05, 3.63) is 59.2 Å². The minimum atomic E-state index is -3.86. The van der Waals surface area contributed by atoms with Crippen molar-refractivity contribution < 1.29 is 36.5 Å². The average molecular weight is 533 g/mol. The first-order chi connectivity index (χ1) is 17.2. The summed E-state index contributed by atoms with van der Waals surface area (Å²) in [6.07, 6.45) is 0.146. The third-order valence-corrected chi connectivity index (χ3v) is 7.99. The summed E-state index contributed by atoms with van der Waals surface area (Å²) in [6.45, 7) is 1.95. The number of rotatable bonds is 10. The van der Waals surface area contributed by atoms with Gasteiger partial charge in [-0.25, -0.2) is 0 Å². The lowest BCUT2D eigenvalue weighted by Crippen LogP contribution is -2.54. The third-order valence-electron chi connectivity index (χ3n) is 5.66. The molecule has 1 unspecified atom stereocenters. The van der Waals surface area contributed by atoms with Crippen LogP contribution < -0.4 is 5.32 Å². The summed E-state index contributed by atoms with van der Waals surface area (Å²) in [5, 5.41) is 2.17. The van der Waals surface area contributed by atoms with Gasteiger partial charge in [0.05, 0.1) is 35.8 Å². The van der Waals surface area contributed by atoms with E-state index in [2.05, 4.69) is 5.32 Å². The molecule has 0 bridgehead atoms. The quantitative estimate of drug-likeness (QED) is 0.211. The van der Waals surface area contributed by atoms with E-state index in [0.29, 0.717) is 10.6 Å². The highest BCUT2D eigenvalue weighted by atomic mass is 32.2. The molecule has 2 aromatic carbocycles. The van der Waals surface area contributed by atoms with E-state index in [-0.39, 0.29) is 48.7 Å². The van der Waals surface area contributed by atoms with Gasteiger partial charge in [0.1, 0.15) is 6.04 Å². The van der Waals surface area contributed by atoms with Crippen molar-refractivity contribution in [3.8, 4) is 0 Å². The summed E-state index contributed by atoms with van der Waals surface area (Å²) in [5.41, 5.74) is 1.25. The van der Waals surface area contributed by atoms with Crippen LogP contribution >= 0.6 is 11.8 Å². The Morgan fingerprint density at radius 1 is 1.03 bits per heavy atom. The number of fused-ring (bicyclic) bond motifs is 1. The maximum atomic E-state index is 13.1. The highest BCUT2D eigenvalue weighted by molar-refractivity contribution is 7.99. The summed E-state index contributed by atoms with van der Waals surface area (Å²) in [6, 6.07) is 10.3. The molecule has 0 saturated carbocycles. The van der Waals surface area contributed by atoms with Gasteiger partial charge in [0.15, 0.2) is 0 Å². The lowest BCUT2D eigenvalue weighted by atomic mass is 10.0. The number of piperidine rings is 1. The lowest BCUT2D eigenvalue weighted by molar-refractivity contribution is -0.136. The van der Waals surface area contributed by atoms with Gasteiger partial charge in [0.2, 0.25) is 11.8 Å². The Balaban J connectivity index is 1.28. The molecule has 0 spiro atoms. The van der Waals surface area contributed by atoms with E-state index in [1.165, 1.54) is 30.0 Å². The number of carbonyl (C=O) groups is 4. The van der Waals surface area contributed by atoms with Crippen molar-refractivity contribution in [3.63, 3.8) is 0 Å². The van der Waals surface area contributed by atoms with Crippen LogP contribution in [-0.4, -0.2) is 68.6 Å². The fourth-order valence-corrected chi connectivity index (χ4v) is 5.89. The number of imide groups is 2. The molecule has 4 rings (SSSR count). The van der Waals surface area contributed by atoms with Gasteiger partial charge < -0.3 is 4.74 Å². The van der Waals surface area contributed by atoms with Crippen molar-refractivity contribution in [1.82, 2.24) is 10.2 Å². The predicted molar refractivity (Wildman–Crippen MR) is 129 cm³/mol. The molecule has 36 heavy (non-hydrogen) atoms. The maximum Gasteiger partial charge on any atom is 0.297 e. The molecule has 1 fully saturated rings. The van der Waals surface area contributed by atoms with Gasteiger partial charge in [-0.05, 0) is 43.2 Å². The molecule has 0 radical (unpaired) electrons. The number of hydrogen-bond donors (Lipinski definition) is 1. The van der Waals surface area contributed by atoms with Crippen molar-refractivity contribution >= 4 is 45.5 Å². The summed E-state index contributed by atoms with van der Waals surface area (Å²) in [5.74, 6) is -1.78. The Bertz CT molecular complexity index is 1330. The van der Waals surface area contributed by atoms with Crippen LogP contribution in [0.25, 0.3) is 0 Å². The first kappa shape index (κ1) is 26.0. The number of amides is 4. The number of nitrogens with zero attached hydrogens (tertiary/aromatic N) is 1. The van der Waals surface area contributed by atoms with Crippen LogP contribution in [0.3, 0.4) is 0 Å². The number of aryl methyl sites for hydroxylation is 1. The number of hydrogen-bond acceptors (Lipinski definition) is 9. The fourth-order valence-electron chi connectivity index (χ4n) is 3.96. The lowest BCUT2D eigenvalue weighted by Gasteiger charge is -2.27. The molecule has 10 nitrogen and oxygen atoms in total. The smallest absolute Gasteiger partial charge is 0.297 e. The van der Waals surface area contributed by atoms with Crippen LogP contribution in [-0.2, 0) is 28.6 Å². The van der Waals surface area contributed by atoms with Crippen molar-refractivity contribution in [2.75, 3.05) is 25.6 Å². The summed E-state index contributed by atoms with van der Waals surface area (Å²) < 4.78 is 34.9. The molecule has 2 aliphatic heterocycles. The molecule has 2 heterocycles. The Morgan fingerprint density at radius 2 is 1.81 bits per heavy atom. The molecule has 0 aliphatic carbocycles. The standard InChI is InChI=1S/C24H24N2O8S2/c1-15-4-2-5-16(14-15)36(31,32)34-11-10-33-12-13-35-19-7-3-6-17-21(19)24(30)26(23(17)29)18-8-9-20(27)25-22(18)28/h2-7,14,18H,8-13H2,1H3,(H,25,27,28). The fraction of sp³-hybridized carbons (Fsp3) is 0.333. The first-order valence-electron chi connectivity index (χ1n) is 11.2. The van der Waals surface area contributed by atoms with Crippen molar-refractivity contribution in [2.45, 2.75) is 35.6 Å². The van der Waals surface area contributed by atoms with Gasteiger partial charge in [0, 0.05) is 17.1 Å². The number of thioether (sulfide) groups is 1. The Hall–Kier alpha value is -3.06. The number of ether oxygens (including phenoxy) is 1. The molecular weight excluding hydrogens is 508 g/mol. The monoisotopic (exact) mass is 532 g/mol. The van der Waals surface area contributed by atoms with Crippen molar-refractivity contribution in [1.29, 1.82) is 0 Å². The van der Waals surface area contributed by atoms with E-state index in [9.17, 15) is 27.6 Å². The number of nitrogens with one attached hydrogen (secondary N) is 1. The summed E-state index contributed by atoms with van der Waals surface area (Å²) in [4.78, 5) is 51.2. The van der Waals surface area contributed by atoms with E-state index in [4.69, 9.17) is 8.92 Å². The largest absolute Gasteiger partial charge is 0.378 e. The Kier molecular flexibility index (Phi) is 7.88. The van der Waals surface area contributed by atoms with Gasteiger partial charge in [-0.1, -0.05) is 18.2 Å². The van der Waals surface area contributed by atoms with Crippen LogP contribution in [0.2, 0.25) is 0 Å². The van der Waals surface area contributed by atoms with E-state index in [1.807, 2.05) is 0 Å². The van der Waals surface area contributed by atoms with Crippen LogP contribution in [0.15, 0.2) is 52.3 Å². The van der Waals surface area contributed by atoms with Gasteiger partial charge in [-0.3, -0.25) is 33.6 Å². The highest BCUT2D eigenvalue weighted by Gasteiger charge is 2.45. The first-order valence-corrected chi connectivity index (χ1v) is 13.6. The zero-order valence-electron chi connectivity index (χ0n) is 19.4. The van der Waals surface area contributed by atoms with E-state index in [0.717, 1.165) is 10.5 Å². The Labute approximate surface area is 212 Å². The van der Waals surface area contributed by atoms with Crippen LogP contribution in [0, 0.1) is 6.92 Å². The van der Waals surface area contributed by atoms with E-state index in [1.54, 1.807) is 31.2 Å². The molecule has 2 aliphatic rings. The van der Waals surface area contributed by atoms with E-state index < -0.39 is 39.8 Å². The molecule has 2 aromatic rings. The second-order valence-corrected chi connectivity index (χ2v) is 10.9. The molecule has 1 atom stereocenters. The molecular formula is C24H24N2O8S2. The summed E-state index contributed by atoms with van der Waals surface area (Å²) >= 11 is 1.31. The van der Waals surface area contributed by atoms with Crippen LogP contribution in [0.5, 0.6) is 0 Å². The zero-order valence-corrected chi connectivity index (χ0v) is 21.0. The van der Waals surface area contributed by atoms with Crippen LogP contribution in [0.1, 0.15) is 39.1 Å². The molecule has 1 N–H and O–H groups in total. The minimum absolute atomic E-state index is 0.0543. The second-order valence-electron chi connectivity index (χ2n) is 8.18. The molecule has 1 saturated heterocycles. The van der Waals surface area contributed by atoms with Gasteiger partial charge in [0.25, 0.3) is 21.9 Å². The van der Waals surface area contributed by atoms with Crippen molar-refractivity contribution in [2.24, 2.45) is 0 Å². The van der Waals surface area contributed by atoms with E-state index >= 15 is 0 Å². The zero-order chi connectivity index (χ0) is 25.9. The van der Waals surface area contributed by atoms with Gasteiger partial charge in [-0.2, -0.15) is 8.42 Å². The van der Waals surface area contributed by atoms with Gasteiger partial charge >= 0.3 is 0 Å². The normalized spacial score (nSPS) is 17.9.